The molecule has 2 N–H and O–H groups in total. The number of amides is 1. The molecule has 1 aliphatic heterocycles. The van der Waals surface area contributed by atoms with E-state index in [9.17, 15) is 9.59 Å². The molecule has 1 aliphatic rings. The lowest BCUT2D eigenvalue weighted by atomic mass is 10.1. The molecular weight excluding hydrogens is 320 g/mol. The summed E-state index contributed by atoms with van der Waals surface area (Å²) in [5.74, 6) is 0.0569. The van der Waals surface area contributed by atoms with Crippen molar-refractivity contribution in [2.24, 2.45) is 7.05 Å². The normalized spacial score (nSPS) is 13.2. The van der Waals surface area contributed by atoms with Crippen LogP contribution in [0.4, 0.5) is 0 Å². The molecule has 0 spiro atoms. The minimum absolute atomic E-state index is 0.189. The van der Waals surface area contributed by atoms with Gasteiger partial charge in [0.1, 0.15) is 17.5 Å². The van der Waals surface area contributed by atoms with Crippen LogP contribution in [0, 0.1) is 6.92 Å². The summed E-state index contributed by atoms with van der Waals surface area (Å²) in [7, 11) is 1.59. The standard InChI is InChI=1S/C18H18N4O3/c1-10-14(15-17(25-10)21-9-22(2)18(15)24)16(23)20-6-11-3-4-12-7-19-8-13(12)5-11/h3-5,9,19H,6-8H2,1-2H3,(H,20,23). The minimum atomic E-state index is -0.333. The molecule has 4 rings (SSSR count). The molecule has 128 valence electrons. The molecule has 7 nitrogen and oxygen atoms in total. The molecule has 0 bridgehead atoms. The predicted octanol–water partition coefficient (Wildman–Crippen LogP) is 1.37. The van der Waals surface area contributed by atoms with E-state index in [-0.39, 0.29) is 28.1 Å². The van der Waals surface area contributed by atoms with Gasteiger partial charge in [-0.25, -0.2) is 4.98 Å². The van der Waals surface area contributed by atoms with Gasteiger partial charge >= 0.3 is 0 Å². The number of carbonyl (C=O) groups is 1. The average Bonchev–Trinajstić information content (AvgIpc) is 3.19. The van der Waals surface area contributed by atoms with E-state index in [0.29, 0.717) is 12.3 Å². The number of hydrogen-bond donors (Lipinski definition) is 2. The molecule has 3 aromatic rings. The van der Waals surface area contributed by atoms with Crippen LogP contribution in [-0.2, 0) is 26.7 Å². The molecular formula is C18H18N4O3. The Hall–Kier alpha value is -2.93. The Balaban J connectivity index is 1.61. The van der Waals surface area contributed by atoms with Crippen LogP contribution in [0.15, 0.2) is 33.7 Å². The van der Waals surface area contributed by atoms with Gasteiger partial charge in [-0.1, -0.05) is 18.2 Å². The van der Waals surface area contributed by atoms with E-state index < -0.39 is 0 Å². The van der Waals surface area contributed by atoms with Crippen molar-refractivity contribution in [2.45, 2.75) is 26.6 Å². The van der Waals surface area contributed by atoms with E-state index in [1.54, 1.807) is 14.0 Å². The van der Waals surface area contributed by atoms with Crippen molar-refractivity contribution in [3.63, 3.8) is 0 Å². The first-order valence-corrected chi connectivity index (χ1v) is 8.09. The van der Waals surface area contributed by atoms with Gasteiger partial charge in [-0.2, -0.15) is 0 Å². The lowest BCUT2D eigenvalue weighted by molar-refractivity contribution is 0.0950. The second kappa shape index (κ2) is 5.86. The van der Waals surface area contributed by atoms with Crippen LogP contribution in [0.2, 0.25) is 0 Å². The van der Waals surface area contributed by atoms with Crippen LogP contribution in [-0.4, -0.2) is 15.5 Å². The van der Waals surface area contributed by atoms with E-state index in [1.807, 2.05) is 6.07 Å². The minimum Gasteiger partial charge on any atom is -0.442 e. The highest BCUT2D eigenvalue weighted by Gasteiger charge is 2.22. The summed E-state index contributed by atoms with van der Waals surface area (Å²) in [6.45, 7) is 3.79. The first-order chi connectivity index (χ1) is 12.0. The Labute approximate surface area is 143 Å². The smallest absolute Gasteiger partial charge is 0.265 e. The Kier molecular flexibility index (Phi) is 3.65. The van der Waals surface area contributed by atoms with Crippen LogP contribution in [0.3, 0.4) is 0 Å². The van der Waals surface area contributed by atoms with Crippen molar-refractivity contribution in [1.29, 1.82) is 0 Å². The van der Waals surface area contributed by atoms with Crippen molar-refractivity contribution in [3.05, 3.63) is 62.9 Å². The van der Waals surface area contributed by atoms with Gasteiger partial charge in [0.25, 0.3) is 11.5 Å². The first-order valence-electron chi connectivity index (χ1n) is 8.09. The maximum atomic E-state index is 12.7. The number of aromatic nitrogens is 2. The predicted molar refractivity (Wildman–Crippen MR) is 92.1 cm³/mol. The molecule has 2 aromatic heterocycles. The summed E-state index contributed by atoms with van der Waals surface area (Å²) in [6.07, 6.45) is 1.38. The molecule has 1 aromatic carbocycles. The maximum absolute atomic E-state index is 12.7. The number of nitrogens with zero attached hydrogens (tertiary/aromatic N) is 2. The van der Waals surface area contributed by atoms with Crippen LogP contribution >= 0.6 is 0 Å². The molecule has 0 radical (unpaired) electrons. The number of fused-ring (bicyclic) bond motifs is 2. The van der Waals surface area contributed by atoms with Gasteiger partial charge in [0.15, 0.2) is 0 Å². The number of carbonyl (C=O) groups excluding carboxylic acids is 1. The summed E-state index contributed by atoms with van der Waals surface area (Å²) < 4.78 is 6.81. The zero-order valence-electron chi connectivity index (χ0n) is 14.0. The number of aryl methyl sites for hydroxylation is 2. The van der Waals surface area contributed by atoms with Gasteiger partial charge in [0.05, 0.1) is 5.56 Å². The van der Waals surface area contributed by atoms with Gasteiger partial charge in [0, 0.05) is 26.7 Å². The SMILES string of the molecule is Cc1oc2ncn(C)c(=O)c2c1C(=O)NCc1ccc2c(c1)CNC2. The second-order valence-corrected chi connectivity index (χ2v) is 6.26. The van der Waals surface area contributed by atoms with Crippen molar-refractivity contribution in [2.75, 3.05) is 0 Å². The molecule has 7 heteroatoms. The van der Waals surface area contributed by atoms with E-state index in [4.69, 9.17) is 4.42 Å². The molecule has 0 saturated heterocycles. The van der Waals surface area contributed by atoms with Gasteiger partial charge in [0.2, 0.25) is 5.71 Å². The topological polar surface area (TPSA) is 89.2 Å². The number of furan rings is 1. The van der Waals surface area contributed by atoms with Crippen LogP contribution < -0.4 is 16.2 Å². The fourth-order valence-electron chi connectivity index (χ4n) is 3.19. The fourth-order valence-corrected chi connectivity index (χ4v) is 3.19. The van der Waals surface area contributed by atoms with Gasteiger partial charge in [-0.05, 0) is 23.6 Å². The van der Waals surface area contributed by atoms with E-state index in [1.165, 1.54) is 22.0 Å². The highest BCUT2D eigenvalue weighted by molar-refractivity contribution is 6.06. The summed E-state index contributed by atoms with van der Waals surface area (Å²) in [6, 6.07) is 6.18. The van der Waals surface area contributed by atoms with Crippen LogP contribution in [0.1, 0.15) is 32.8 Å². The molecule has 25 heavy (non-hydrogen) atoms. The molecule has 0 aliphatic carbocycles. The zero-order chi connectivity index (χ0) is 17.6. The van der Waals surface area contributed by atoms with Gasteiger partial charge in [-0.3, -0.25) is 9.59 Å². The highest BCUT2D eigenvalue weighted by Crippen LogP contribution is 2.21. The van der Waals surface area contributed by atoms with E-state index in [2.05, 4.69) is 27.8 Å². The van der Waals surface area contributed by atoms with Crippen molar-refractivity contribution >= 4 is 17.0 Å². The lowest BCUT2D eigenvalue weighted by Gasteiger charge is -2.07. The molecule has 0 atom stereocenters. The maximum Gasteiger partial charge on any atom is 0.265 e. The van der Waals surface area contributed by atoms with Crippen molar-refractivity contribution in [3.8, 4) is 0 Å². The molecule has 0 fully saturated rings. The number of benzene rings is 1. The molecule has 0 saturated carbocycles. The Morgan fingerprint density at radius 3 is 3.00 bits per heavy atom. The molecule has 0 unspecified atom stereocenters. The lowest BCUT2D eigenvalue weighted by Crippen LogP contribution is -2.26. The van der Waals surface area contributed by atoms with Crippen molar-refractivity contribution < 1.29 is 9.21 Å². The summed E-state index contributed by atoms with van der Waals surface area (Å²) in [5, 5.41) is 6.39. The Morgan fingerprint density at radius 2 is 2.16 bits per heavy atom. The highest BCUT2D eigenvalue weighted by atomic mass is 16.3. The van der Waals surface area contributed by atoms with Gasteiger partial charge in [-0.15, -0.1) is 0 Å². The third kappa shape index (κ3) is 2.62. The summed E-state index contributed by atoms with van der Waals surface area (Å²) >= 11 is 0. The number of rotatable bonds is 3. The third-order valence-electron chi connectivity index (χ3n) is 4.53. The van der Waals surface area contributed by atoms with Crippen LogP contribution in [0.5, 0.6) is 0 Å². The molecule has 3 heterocycles. The van der Waals surface area contributed by atoms with Crippen molar-refractivity contribution in [1.82, 2.24) is 20.2 Å². The summed E-state index contributed by atoms with van der Waals surface area (Å²) in [5.41, 5.74) is 3.72. The van der Waals surface area contributed by atoms with Crippen LogP contribution in [0.25, 0.3) is 11.1 Å². The fraction of sp³-hybridized carbons (Fsp3) is 0.278. The summed E-state index contributed by atoms with van der Waals surface area (Å²) in [4.78, 5) is 29.1. The average molecular weight is 338 g/mol. The van der Waals surface area contributed by atoms with E-state index in [0.717, 1.165) is 18.7 Å². The molecule has 1 amide bonds. The van der Waals surface area contributed by atoms with E-state index >= 15 is 0 Å². The second-order valence-electron chi connectivity index (χ2n) is 6.26. The Bertz CT molecular complexity index is 1050. The zero-order valence-corrected chi connectivity index (χ0v) is 14.0. The monoisotopic (exact) mass is 338 g/mol. The number of nitrogens with one attached hydrogen (secondary N) is 2. The first kappa shape index (κ1) is 15.6. The quantitative estimate of drug-likeness (QED) is 0.753. The third-order valence-corrected chi connectivity index (χ3v) is 4.53. The largest absolute Gasteiger partial charge is 0.442 e. The Morgan fingerprint density at radius 1 is 1.36 bits per heavy atom. The van der Waals surface area contributed by atoms with Gasteiger partial charge < -0.3 is 19.6 Å². The number of hydrogen-bond acceptors (Lipinski definition) is 5.